The number of carbonyl (C=O) groups excluding carboxylic acids is 1. The molecule has 0 aromatic heterocycles. The molecule has 0 spiro atoms. The van der Waals surface area contributed by atoms with Gasteiger partial charge in [0.05, 0.1) is 0 Å². The summed E-state index contributed by atoms with van der Waals surface area (Å²) in [6, 6.07) is 16.2. The number of ketones is 1. The maximum Gasteiger partial charge on any atom is 0.166 e. The molecule has 4 nitrogen and oxygen atoms in total. The zero-order chi connectivity index (χ0) is 18.5. The lowest BCUT2D eigenvalue weighted by Crippen LogP contribution is -2.37. The first kappa shape index (κ1) is 18.1. The first-order valence-electron chi connectivity index (χ1n) is 10.00. The summed E-state index contributed by atoms with van der Waals surface area (Å²) < 4.78 is 11.2. The van der Waals surface area contributed by atoms with Gasteiger partial charge in [0.15, 0.2) is 17.3 Å². The number of ether oxygens (including phenoxy) is 2. The molecule has 0 radical (unpaired) electrons. The summed E-state index contributed by atoms with van der Waals surface area (Å²) in [5.41, 5.74) is 2.16. The second-order valence-electron chi connectivity index (χ2n) is 7.43. The molecule has 2 heterocycles. The number of likely N-dealkylation sites (tertiary alicyclic amines) is 1. The number of hydrogen-bond acceptors (Lipinski definition) is 4. The number of carbonyl (C=O) groups is 1. The van der Waals surface area contributed by atoms with E-state index in [9.17, 15) is 4.79 Å². The van der Waals surface area contributed by atoms with Gasteiger partial charge in [0.25, 0.3) is 0 Å². The molecule has 0 atom stereocenters. The minimum absolute atomic E-state index is 0.123. The van der Waals surface area contributed by atoms with Crippen LogP contribution in [0.1, 0.15) is 35.2 Å². The summed E-state index contributed by atoms with van der Waals surface area (Å²) in [4.78, 5) is 15.4. The van der Waals surface area contributed by atoms with E-state index >= 15 is 0 Å². The van der Waals surface area contributed by atoms with Gasteiger partial charge in [0.2, 0.25) is 0 Å². The lowest BCUT2D eigenvalue weighted by molar-refractivity contribution is 0.0838. The quantitative estimate of drug-likeness (QED) is 0.726. The van der Waals surface area contributed by atoms with Gasteiger partial charge in [-0.3, -0.25) is 4.79 Å². The molecule has 0 saturated carbocycles. The van der Waals surface area contributed by atoms with Gasteiger partial charge in [-0.1, -0.05) is 30.3 Å². The molecule has 2 aromatic carbocycles. The van der Waals surface area contributed by atoms with Crippen molar-refractivity contribution in [1.82, 2.24) is 4.90 Å². The van der Waals surface area contributed by atoms with Crippen molar-refractivity contribution < 1.29 is 14.3 Å². The molecule has 2 aliphatic heterocycles. The molecule has 2 aliphatic rings. The molecule has 2 aromatic rings. The van der Waals surface area contributed by atoms with Crippen LogP contribution >= 0.6 is 0 Å². The summed E-state index contributed by atoms with van der Waals surface area (Å²) in [7, 11) is 0. The average Bonchev–Trinajstić information content (AvgIpc) is 2.74. The van der Waals surface area contributed by atoms with Crippen LogP contribution in [0, 0.1) is 5.92 Å². The number of rotatable bonds is 6. The van der Waals surface area contributed by atoms with Crippen LogP contribution < -0.4 is 9.47 Å². The number of hydrogen-bond donors (Lipinski definition) is 0. The lowest BCUT2D eigenvalue weighted by atomic mass is 9.88. The first-order chi connectivity index (χ1) is 13.3. The van der Waals surface area contributed by atoms with Crippen LogP contribution in [-0.2, 0) is 6.42 Å². The first-order valence-corrected chi connectivity index (χ1v) is 10.00. The molecule has 1 fully saturated rings. The molecule has 1 saturated heterocycles. The van der Waals surface area contributed by atoms with Gasteiger partial charge < -0.3 is 14.4 Å². The van der Waals surface area contributed by atoms with E-state index in [2.05, 4.69) is 35.2 Å². The van der Waals surface area contributed by atoms with Crippen molar-refractivity contribution in [2.24, 2.45) is 5.92 Å². The van der Waals surface area contributed by atoms with E-state index in [1.165, 1.54) is 12.0 Å². The predicted octanol–water partition coefficient (Wildman–Crippen LogP) is 3.99. The van der Waals surface area contributed by atoms with Gasteiger partial charge in [-0.15, -0.1) is 0 Å². The third-order valence-corrected chi connectivity index (χ3v) is 5.57. The van der Waals surface area contributed by atoms with Crippen molar-refractivity contribution in [2.75, 3.05) is 32.8 Å². The third kappa shape index (κ3) is 4.51. The van der Waals surface area contributed by atoms with E-state index in [1.807, 2.05) is 18.2 Å². The molecule has 0 bridgehead atoms. The Labute approximate surface area is 161 Å². The van der Waals surface area contributed by atoms with Crippen LogP contribution in [0.25, 0.3) is 0 Å². The van der Waals surface area contributed by atoms with Crippen LogP contribution in [0.3, 0.4) is 0 Å². The van der Waals surface area contributed by atoms with Crippen molar-refractivity contribution >= 4 is 5.78 Å². The summed E-state index contributed by atoms with van der Waals surface area (Å²) in [6.45, 7) is 4.25. The average molecular weight is 365 g/mol. The fourth-order valence-corrected chi connectivity index (χ4v) is 4.00. The van der Waals surface area contributed by atoms with Gasteiger partial charge in [-0.25, -0.2) is 0 Å². The Morgan fingerprint density at radius 3 is 2.48 bits per heavy atom. The fraction of sp³-hybridized carbons (Fsp3) is 0.435. The van der Waals surface area contributed by atoms with Gasteiger partial charge in [0, 0.05) is 11.5 Å². The maximum absolute atomic E-state index is 12.9. The molecule has 4 rings (SSSR count). The Morgan fingerprint density at radius 2 is 1.70 bits per heavy atom. The summed E-state index contributed by atoms with van der Waals surface area (Å²) >= 11 is 0. The summed E-state index contributed by atoms with van der Waals surface area (Å²) in [6.07, 6.45) is 4.18. The molecule has 4 heteroatoms. The lowest BCUT2D eigenvalue weighted by Gasteiger charge is -2.31. The molecular formula is C23H27NO3. The zero-order valence-corrected chi connectivity index (χ0v) is 15.7. The maximum atomic E-state index is 12.9. The highest BCUT2D eigenvalue weighted by Gasteiger charge is 2.26. The normalized spacial score (nSPS) is 17.6. The number of fused-ring (bicyclic) bond motifs is 1. The number of nitrogens with zero attached hydrogens (tertiary/aromatic N) is 1. The second kappa shape index (κ2) is 8.57. The van der Waals surface area contributed by atoms with Gasteiger partial charge in [-0.05, 0) is 69.1 Å². The van der Waals surface area contributed by atoms with E-state index in [-0.39, 0.29) is 11.7 Å². The topological polar surface area (TPSA) is 38.8 Å². The Kier molecular flexibility index (Phi) is 5.73. The highest BCUT2D eigenvalue weighted by molar-refractivity contribution is 5.98. The molecular weight excluding hydrogens is 338 g/mol. The Hall–Kier alpha value is -2.33. The van der Waals surface area contributed by atoms with Crippen molar-refractivity contribution in [3.05, 3.63) is 59.7 Å². The van der Waals surface area contributed by atoms with E-state index < -0.39 is 0 Å². The molecule has 0 N–H and O–H groups in total. The number of piperidine rings is 1. The van der Waals surface area contributed by atoms with E-state index in [0.717, 1.165) is 50.2 Å². The Morgan fingerprint density at radius 1 is 0.963 bits per heavy atom. The van der Waals surface area contributed by atoms with E-state index in [1.54, 1.807) is 0 Å². The largest absolute Gasteiger partial charge is 0.486 e. The minimum atomic E-state index is 0.123. The Bertz CT molecular complexity index is 766. The second-order valence-corrected chi connectivity index (χ2v) is 7.43. The molecule has 0 unspecified atom stereocenters. The van der Waals surface area contributed by atoms with E-state index in [4.69, 9.17) is 9.47 Å². The van der Waals surface area contributed by atoms with Crippen LogP contribution in [0.5, 0.6) is 11.5 Å². The van der Waals surface area contributed by atoms with Crippen molar-refractivity contribution in [3.8, 4) is 11.5 Å². The summed E-state index contributed by atoms with van der Waals surface area (Å²) in [5, 5.41) is 0. The van der Waals surface area contributed by atoms with Gasteiger partial charge >= 0.3 is 0 Å². The minimum Gasteiger partial charge on any atom is -0.486 e. The smallest absolute Gasteiger partial charge is 0.166 e. The highest BCUT2D eigenvalue weighted by atomic mass is 16.6. The fourth-order valence-electron chi connectivity index (χ4n) is 4.00. The van der Waals surface area contributed by atoms with Crippen molar-refractivity contribution in [3.63, 3.8) is 0 Å². The van der Waals surface area contributed by atoms with Crippen molar-refractivity contribution in [1.29, 1.82) is 0 Å². The number of aryl methyl sites for hydroxylation is 1. The summed E-state index contributed by atoms with van der Waals surface area (Å²) in [5.74, 6) is 1.81. The van der Waals surface area contributed by atoms with Crippen LogP contribution in [-0.4, -0.2) is 43.5 Å². The molecule has 0 aliphatic carbocycles. The van der Waals surface area contributed by atoms with Gasteiger partial charge in [-0.2, -0.15) is 0 Å². The monoisotopic (exact) mass is 365 g/mol. The predicted molar refractivity (Wildman–Crippen MR) is 106 cm³/mol. The standard InChI is InChI=1S/C23H27NO3/c25-23(20-8-9-21-22(17-20)27-16-15-26-21)19-10-13-24(14-11-19)12-4-7-18-5-2-1-3-6-18/h1-3,5-6,8-9,17,19H,4,7,10-16H2. The zero-order valence-electron chi connectivity index (χ0n) is 15.7. The van der Waals surface area contributed by atoms with Gasteiger partial charge in [0.1, 0.15) is 13.2 Å². The number of Topliss-reactive ketones (excluding diaryl/α,β-unsaturated/α-hetero) is 1. The van der Waals surface area contributed by atoms with Crippen LogP contribution in [0.4, 0.5) is 0 Å². The molecule has 27 heavy (non-hydrogen) atoms. The van der Waals surface area contributed by atoms with Crippen LogP contribution in [0.15, 0.2) is 48.5 Å². The highest BCUT2D eigenvalue weighted by Crippen LogP contribution is 2.32. The number of benzene rings is 2. The van der Waals surface area contributed by atoms with E-state index in [0.29, 0.717) is 19.0 Å². The Balaban J connectivity index is 1.25. The van der Waals surface area contributed by atoms with Crippen LogP contribution in [0.2, 0.25) is 0 Å². The third-order valence-electron chi connectivity index (χ3n) is 5.57. The molecule has 0 amide bonds. The van der Waals surface area contributed by atoms with Crippen molar-refractivity contribution in [2.45, 2.75) is 25.7 Å². The SMILES string of the molecule is O=C(c1ccc2c(c1)OCCO2)C1CCN(CCCc2ccccc2)CC1. The molecule has 142 valence electrons.